The van der Waals surface area contributed by atoms with Crippen LogP contribution in [-0.4, -0.2) is 43.5 Å². The first-order chi connectivity index (χ1) is 9.35. The van der Waals surface area contributed by atoms with Crippen LogP contribution in [0.5, 0.6) is 5.75 Å². The molecule has 1 unspecified atom stereocenters. The van der Waals surface area contributed by atoms with E-state index in [0.717, 1.165) is 5.56 Å². The summed E-state index contributed by atoms with van der Waals surface area (Å²) in [5.41, 5.74) is 1.25. The highest BCUT2D eigenvalue weighted by atomic mass is 32.2. The summed E-state index contributed by atoms with van der Waals surface area (Å²) in [5, 5.41) is 15.3. The lowest BCUT2D eigenvalue weighted by molar-refractivity contribution is -0.116. The summed E-state index contributed by atoms with van der Waals surface area (Å²) in [4.78, 5) is 11.9. The van der Waals surface area contributed by atoms with E-state index in [1.165, 1.54) is 6.07 Å². The molecule has 0 radical (unpaired) electrons. The molecule has 0 aliphatic carbocycles. The number of sulfone groups is 1. The van der Waals surface area contributed by atoms with Gasteiger partial charge in [-0.05, 0) is 24.6 Å². The number of aryl methyl sites for hydroxylation is 1. The Morgan fingerprint density at radius 2 is 2.25 bits per heavy atom. The number of rotatable bonds is 3. The van der Waals surface area contributed by atoms with Gasteiger partial charge in [-0.1, -0.05) is 6.07 Å². The van der Waals surface area contributed by atoms with Crippen LogP contribution in [0.3, 0.4) is 0 Å². The quantitative estimate of drug-likeness (QED) is 0.703. The lowest BCUT2D eigenvalue weighted by Gasteiger charge is -2.23. The van der Waals surface area contributed by atoms with Gasteiger partial charge in [0.15, 0.2) is 9.84 Å². The third-order valence-electron chi connectivity index (χ3n) is 3.16. The molecule has 2 rings (SSSR count). The molecule has 1 aliphatic heterocycles. The highest BCUT2D eigenvalue weighted by molar-refractivity contribution is 7.91. The van der Waals surface area contributed by atoms with Crippen LogP contribution in [0, 0.1) is 6.92 Å². The predicted molar refractivity (Wildman–Crippen MR) is 76.5 cm³/mol. The van der Waals surface area contributed by atoms with Crippen LogP contribution < -0.4 is 10.6 Å². The van der Waals surface area contributed by atoms with Crippen molar-refractivity contribution in [3.05, 3.63) is 23.8 Å². The van der Waals surface area contributed by atoms with E-state index in [-0.39, 0.29) is 35.6 Å². The largest absolute Gasteiger partial charge is 0.506 e. The minimum absolute atomic E-state index is 0.00632. The number of amides is 1. The summed E-state index contributed by atoms with van der Waals surface area (Å²) in [6.45, 7) is 2.22. The number of nitrogens with one attached hydrogen (secondary N) is 2. The highest BCUT2D eigenvalue weighted by Gasteiger charge is 2.26. The molecule has 1 heterocycles. The normalized spacial score (nSPS) is 21.4. The number of anilines is 1. The van der Waals surface area contributed by atoms with Gasteiger partial charge >= 0.3 is 0 Å². The van der Waals surface area contributed by atoms with Gasteiger partial charge in [0.1, 0.15) is 5.75 Å². The maximum atomic E-state index is 11.9. The molecule has 0 spiro atoms. The first kappa shape index (κ1) is 14.8. The summed E-state index contributed by atoms with van der Waals surface area (Å²) in [5.74, 6) is -0.238. The van der Waals surface area contributed by atoms with Crippen LogP contribution in [0.2, 0.25) is 0 Å². The second-order valence-electron chi connectivity index (χ2n) is 5.04. The van der Waals surface area contributed by atoms with Crippen LogP contribution in [0.4, 0.5) is 5.69 Å². The minimum atomic E-state index is -3.06. The average Bonchev–Trinajstić information content (AvgIpc) is 2.32. The molecule has 1 amide bonds. The topological polar surface area (TPSA) is 95.5 Å². The van der Waals surface area contributed by atoms with Gasteiger partial charge in [0.25, 0.3) is 0 Å². The Morgan fingerprint density at radius 3 is 2.95 bits per heavy atom. The van der Waals surface area contributed by atoms with E-state index in [2.05, 4.69) is 10.6 Å². The zero-order valence-corrected chi connectivity index (χ0v) is 12.0. The van der Waals surface area contributed by atoms with Gasteiger partial charge in [-0.2, -0.15) is 0 Å². The number of carbonyl (C=O) groups is 1. The van der Waals surface area contributed by atoms with Crippen LogP contribution in [0.15, 0.2) is 18.2 Å². The summed E-state index contributed by atoms with van der Waals surface area (Å²) in [6.07, 6.45) is 0.0621. The Bertz CT molecular complexity index is 613. The van der Waals surface area contributed by atoms with Crippen LogP contribution in [-0.2, 0) is 14.6 Å². The Morgan fingerprint density at radius 1 is 1.50 bits per heavy atom. The molecule has 7 heteroatoms. The van der Waals surface area contributed by atoms with Gasteiger partial charge in [-0.25, -0.2) is 8.42 Å². The molecule has 20 heavy (non-hydrogen) atoms. The van der Waals surface area contributed by atoms with Crippen molar-refractivity contribution in [3.8, 4) is 5.75 Å². The number of phenols is 1. The third kappa shape index (κ3) is 3.94. The highest BCUT2D eigenvalue weighted by Crippen LogP contribution is 2.24. The molecule has 0 bridgehead atoms. The molecule has 1 atom stereocenters. The van der Waals surface area contributed by atoms with E-state index in [0.29, 0.717) is 12.2 Å². The standard InChI is InChI=1S/C13H18N2O4S/c1-9-2-3-12(16)11(6-9)15-13(17)7-10-8-20(18,19)5-4-14-10/h2-3,6,10,14,16H,4-5,7-8H2,1H3,(H,15,17). The molecule has 0 aromatic heterocycles. The van der Waals surface area contributed by atoms with Gasteiger partial charge in [0, 0.05) is 19.0 Å². The number of carbonyl (C=O) groups excluding carboxylic acids is 1. The molecule has 1 saturated heterocycles. The monoisotopic (exact) mass is 298 g/mol. The Kier molecular flexibility index (Phi) is 4.29. The number of benzene rings is 1. The summed E-state index contributed by atoms with van der Waals surface area (Å²) >= 11 is 0. The van der Waals surface area contributed by atoms with E-state index in [4.69, 9.17) is 0 Å². The van der Waals surface area contributed by atoms with Crippen molar-refractivity contribution in [2.24, 2.45) is 0 Å². The van der Waals surface area contributed by atoms with E-state index in [9.17, 15) is 18.3 Å². The molecule has 0 saturated carbocycles. The fraction of sp³-hybridized carbons (Fsp3) is 0.462. The second kappa shape index (κ2) is 5.80. The molecule has 1 aromatic carbocycles. The van der Waals surface area contributed by atoms with E-state index < -0.39 is 9.84 Å². The smallest absolute Gasteiger partial charge is 0.226 e. The van der Waals surface area contributed by atoms with Crippen molar-refractivity contribution < 1.29 is 18.3 Å². The van der Waals surface area contributed by atoms with Gasteiger partial charge in [0.2, 0.25) is 5.91 Å². The van der Waals surface area contributed by atoms with Gasteiger partial charge in [0.05, 0.1) is 17.2 Å². The van der Waals surface area contributed by atoms with Crippen molar-refractivity contribution >= 4 is 21.4 Å². The lowest BCUT2D eigenvalue weighted by atomic mass is 10.2. The first-order valence-corrected chi connectivity index (χ1v) is 8.21. The maximum absolute atomic E-state index is 11.9. The Hall–Kier alpha value is -1.60. The zero-order valence-electron chi connectivity index (χ0n) is 11.2. The summed E-state index contributed by atoms with van der Waals surface area (Å²) in [7, 11) is -3.06. The van der Waals surface area contributed by atoms with Crippen LogP contribution in [0.25, 0.3) is 0 Å². The van der Waals surface area contributed by atoms with Gasteiger partial charge < -0.3 is 15.7 Å². The number of aromatic hydroxyl groups is 1. The Labute approximate surface area is 118 Å². The van der Waals surface area contributed by atoms with Crippen molar-refractivity contribution in [2.45, 2.75) is 19.4 Å². The zero-order chi connectivity index (χ0) is 14.8. The Balaban J connectivity index is 1.97. The SMILES string of the molecule is Cc1ccc(O)c(NC(=O)CC2CS(=O)(=O)CCN2)c1. The molecule has 6 nitrogen and oxygen atoms in total. The lowest BCUT2D eigenvalue weighted by Crippen LogP contribution is -2.46. The number of phenolic OH excluding ortho intramolecular Hbond substituents is 1. The minimum Gasteiger partial charge on any atom is -0.506 e. The number of hydrogen-bond donors (Lipinski definition) is 3. The van der Waals surface area contributed by atoms with Gasteiger partial charge in [-0.15, -0.1) is 0 Å². The average molecular weight is 298 g/mol. The molecule has 1 aliphatic rings. The fourth-order valence-electron chi connectivity index (χ4n) is 2.17. The maximum Gasteiger partial charge on any atom is 0.226 e. The fourth-order valence-corrected chi connectivity index (χ4v) is 3.62. The summed E-state index contributed by atoms with van der Waals surface area (Å²) < 4.78 is 23.0. The van der Waals surface area contributed by atoms with Crippen molar-refractivity contribution in [3.63, 3.8) is 0 Å². The molecule has 1 aromatic rings. The number of hydrogen-bond acceptors (Lipinski definition) is 5. The molecule has 110 valence electrons. The van der Waals surface area contributed by atoms with Crippen LogP contribution >= 0.6 is 0 Å². The van der Waals surface area contributed by atoms with Crippen LogP contribution in [0.1, 0.15) is 12.0 Å². The van der Waals surface area contributed by atoms with Crippen molar-refractivity contribution in [2.75, 3.05) is 23.4 Å². The summed E-state index contributed by atoms with van der Waals surface area (Å²) in [6, 6.07) is 4.54. The van der Waals surface area contributed by atoms with E-state index in [1.54, 1.807) is 12.1 Å². The predicted octanol–water partition coefficient (Wildman–Crippen LogP) is 0.416. The van der Waals surface area contributed by atoms with E-state index >= 15 is 0 Å². The van der Waals surface area contributed by atoms with Crippen molar-refractivity contribution in [1.29, 1.82) is 0 Å². The third-order valence-corrected chi connectivity index (χ3v) is 4.90. The first-order valence-electron chi connectivity index (χ1n) is 6.39. The van der Waals surface area contributed by atoms with E-state index in [1.807, 2.05) is 6.92 Å². The second-order valence-corrected chi connectivity index (χ2v) is 7.27. The molecular formula is C13H18N2O4S. The molecular weight excluding hydrogens is 280 g/mol. The molecule has 3 N–H and O–H groups in total. The molecule has 1 fully saturated rings. The van der Waals surface area contributed by atoms with Crippen molar-refractivity contribution in [1.82, 2.24) is 5.32 Å². The van der Waals surface area contributed by atoms with Gasteiger partial charge in [-0.3, -0.25) is 4.79 Å².